The quantitative estimate of drug-likeness (QED) is 0.580. The van der Waals surface area contributed by atoms with E-state index in [1.807, 2.05) is 30.3 Å². The van der Waals surface area contributed by atoms with Crippen molar-refractivity contribution in [3.05, 3.63) is 77.7 Å². The van der Waals surface area contributed by atoms with E-state index in [1.165, 1.54) is 5.56 Å². The van der Waals surface area contributed by atoms with E-state index in [0.29, 0.717) is 23.6 Å². The van der Waals surface area contributed by atoms with Crippen LogP contribution in [0.1, 0.15) is 35.3 Å². The third-order valence-corrected chi connectivity index (χ3v) is 5.12. The summed E-state index contributed by atoms with van der Waals surface area (Å²) in [6.07, 6.45) is 5.13. The predicted octanol–water partition coefficient (Wildman–Crippen LogP) is 3.31. The molecule has 3 aromatic rings. The van der Waals surface area contributed by atoms with Gasteiger partial charge in [-0.3, -0.25) is 9.78 Å². The lowest BCUT2D eigenvalue weighted by Crippen LogP contribution is -2.33. The predicted molar refractivity (Wildman–Crippen MR) is 115 cm³/mol. The minimum absolute atomic E-state index is 0.0139. The third-order valence-electron chi connectivity index (χ3n) is 5.12. The standard InChI is InChI=1S/C22H24N6O/c1-22(2)14-28(23)19-12-16(5-6-18(19)22)27-21(29)17-4-3-9-25-20(17)26-13-15-7-10-24-11-8-15/h3-12H,13-14,23H2,1-2H3,(H,25,26)(H,27,29). The molecule has 0 fully saturated rings. The molecule has 0 bridgehead atoms. The first-order valence-electron chi connectivity index (χ1n) is 9.50. The Kier molecular flexibility index (Phi) is 4.90. The topological polar surface area (TPSA) is 96.2 Å². The van der Waals surface area contributed by atoms with Crippen molar-refractivity contribution < 1.29 is 4.79 Å². The van der Waals surface area contributed by atoms with Crippen LogP contribution in [0.2, 0.25) is 0 Å². The molecule has 7 nitrogen and oxygen atoms in total. The Bertz CT molecular complexity index is 1030. The Morgan fingerprint density at radius 1 is 1.17 bits per heavy atom. The van der Waals surface area contributed by atoms with E-state index in [-0.39, 0.29) is 11.3 Å². The maximum atomic E-state index is 12.9. The van der Waals surface area contributed by atoms with Crippen LogP contribution in [0.3, 0.4) is 0 Å². The summed E-state index contributed by atoms with van der Waals surface area (Å²) in [6.45, 7) is 5.61. The number of aromatic nitrogens is 2. The zero-order chi connectivity index (χ0) is 20.4. The number of nitrogens with one attached hydrogen (secondary N) is 2. The van der Waals surface area contributed by atoms with Gasteiger partial charge in [-0.25, -0.2) is 10.8 Å². The van der Waals surface area contributed by atoms with E-state index >= 15 is 0 Å². The van der Waals surface area contributed by atoms with Crippen LogP contribution in [0.25, 0.3) is 0 Å². The molecule has 0 unspecified atom stereocenters. The zero-order valence-electron chi connectivity index (χ0n) is 16.5. The molecule has 2 aromatic heterocycles. The first kappa shape index (κ1) is 18.9. The molecular formula is C22H24N6O. The number of hydrazine groups is 1. The summed E-state index contributed by atoms with van der Waals surface area (Å²) in [5, 5.41) is 7.92. The summed E-state index contributed by atoms with van der Waals surface area (Å²) in [6, 6.07) is 13.2. The molecule has 1 amide bonds. The van der Waals surface area contributed by atoms with E-state index in [9.17, 15) is 4.79 Å². The van der Waals surface area contributed by atoms with Crippen molar-refractivity contribution in [3.8, 4) is 0 Å². The fourth-order valence-corrected chi connectivity index (χ4v) is 3.63. The molecular weight excluding hydrogens is 364 g/mol. The summed E-state index contributed by atoms with van der Waals surface area (Å²) in [5.74, 6) is 6.45. The molecule has 0 aliphatic carbocycles. The molecule has 0 saturated carbocycles. The summed E-state index contributed by atoms with van der Waals surface area (Å²) < 4.78 is 0. The van der Waals surface area contributed by atoms with Gasteiger partial charge >= 0.3 is 0 Å². The largest absolute Gasteiger partial charge is 0.365 e. The van der Waals surface area contributed by atoms with Crippen LogP contribution in [-0.2, 0) is 12.0 Å². The fraction of sp³-hybridized carbons (Fsp3) is 0.227. The van der Waals surface area contributed by atoms with E-state index in [0.717, 1.165) is 17.8 Å². The number of hydrogen-bond donors (Lipinski definition) is 3. The van der Waals surface area contributed by atoms with Gasteiger partial charge in [-0.1, -0.05) is 19.9 Å². The van der Waals surface area contributed by atoms with Crippen molar-refractivity contribution >= 4 is 23.1 Å². The lowest BCUT2D eigenvalue weighted by Gasteiger charge is -2.17. The second-order valence-corrected chi connectivity index (χ2v) is 7.81. The van der Waals surface area contributed by atoms with Crippen LogP contribution in [-0.4, -0.2) is 22.4 Å². The van der Waals surface area contributed by atoms with Gasteiger partial charge in [0.1, 0.15) is 5.82 Å². The molecule has 4 N–H and O–H groups in total. The first-order chi connectivity index (χ1) is 13.9. The van der Waals surface area contributed by atoms with Crippen molar-refractivity contribution in [3.63, 3.8) is 0 Å². The second-order valence-electron chi connectivity index (χ2n) is 7.81. The Labute approximate surface area is 169 Å². The molecule has 0 saturated heterocycles. The number of carbonyl (C=O) groups excluding carboxylic acids is 1. The van der Waals surface area contributed by atoms with Crippen LogP contribution in [0.5, 0.6) is 0 Å². The van der Waals surface area contributed by atoms with Crippen LogP contribution in [0, 0.1) is 0 Å². The summed E-state index contributed by atoms with van der Waals surface area (Å²) in [5.41, 5.74) is 4.34. The number of pyridine rings is 2. The number of benzene rings is 1. The first-order valence-corrected chi connectivity index (χ1v) is 9.50. The molecule has 1 aliphatic heterocycles. The van der Waals surface area contributed by atoms with Crippen molar-refractivity contribution in [2.45, 2.75) is 25.8 Å². The SMILES string of the molecule is CC1(C)CN(N)c2cc(NC(=O)c3cccnc3NCc3ccncc3)ccc21. The molecule has 0 atom stereocenters. The van der Waals surface area contributed by atoms with Crippen LogP contribution < -0.4 is 21.5 Å². The number of fused-ring (bicyclic) bond motifs is 1. The van der Waals surface area contributed by atoms with Gasteiger partial charge in [0.15, 0.2) is 0 Å². The Hall–Kier alpha value is -3.45. The molecule has 7 heteroatoms. The van der Waals surface area contributed by atoms with Gasteiger partial charge < -0.3 is 15.6 Å². The zero-order valence-corrected chi connectivity index (χ0v) is 16.5. The van der Waals surface area contributed by atoms with Crippen molar-refractivity contribution in [2.75, 3.05) is 22.2 Å². The molecule has 1 aromatic carbocycles. The van der Waals surface area contributed by atoms with Crippen LogP contribution >= 0.6 is 0 Å². The minimum Gasteiger partial charge on any atom is -0.365 e. The lowest BCUT2D eigenvalue weighted by atomic mass is 9.87. The van der Waals surface area contributed by atoms with Gasteiger partial charge in [-0.05, 0) is 47.5 Å². The number of nitrogens with two attached hydrogens (primary N) is 1. The maximum Gasteiger partial charge on any atom is 0.259 e. The molecule has 29 heavy (non-hydrogen) atoms. The molecule has 4 rings (SSSR count). The van der Waals surface area contributed by atoms with Gasteiger partial charge in [0.25, 0.3) is 5.91 Å². The van der Waals surface area contributed by atoms with E-state index in [4.69, 9.17) is 5.84 Å². The minimum atomic E-state index is -0.226. The van der Waals surface area contributed by atoms with Gasteiger partial charge in [-0.15, -0.1) is 0 Å². The van der Waals surface area contributed by atoms with Crippen molar-refractivity contribution in [2.24, 2.45) is 5.84 Å². The number of hydrogen-bond acceptors (Lipinski definition) is 6. The smallest absolute Gasteiger partial charge is 0.259 e. The van der Waals surface area contributed by atoms with E-state index in [2.05, 4.69) is 34.4 Å². The Morgan fingerprint density at radius 2 is 1.97 bits per heavy atom. The monoisotopic (exact) mass is 388 g/mol. The molecule has 1 aliphatic rings. The highest BCUT2D eigenvalue weighted by Crippen LogP contribution is 2.40. The maximum absolute atomic E-state index is 12.9. The lowest BCUT2D eigenvalue weighted by molar-refractivity contribution is 0.102. The van der Waals surface area contributed by atoms with Crippen LogP contribution in [0.4, 0.5) is 17.2 Å². The summed E-state index contributed by atoms with van der Waals surface area (Å²) >= 11 is 0. The highest BCUT2D eigenvalue weighted by Gasteiger charge is 2.34. The molecule has 0 radical (unpaired) electrons. The average molecular weight is 388 g/mol. The Balaban J connectivity index is 1.52. The van der Waals surface area contributed by atoms with E-state index < -0.39 is 0 Å². The van der Waals surface area contributed by atoms with Gasteiger partial charge in [-0.2, -0.15) is 0 Å². The normalized spacial score (nSPS) is 14.4. The summed E-state index contributed by atoms with van der Waals surface area (Å²) in [7, 11) is 0. The van der Waals surface area contributed by atoms with Gasteiger partial charge in [0, 0.05) is 42.8 Å². The molecule has 0 spiro atoms. The fourth-order valence-electron chi connectivity index (χ4n) is 3.63. The third kappa shape index (κ3) is 3.90. The average Bonchev–Trinajstić information content (AvgIpc) is 2.95. The number of anilines is 3. The van der Waals surface area contributed by atoms with E-state index in [1.54, 1.807) is 35.7 Å². The van der Waals surface area contributed by atoms with Crippen LogP contribution in [0.15, 0.2) is 61.1 Å². The second kappa shape index (κ2) is 7.52. The molecule has 3 heterocycles. The number of carbonyl (C=O) groups is 1. The molecule has 148 valence electrons. The Morgan fingerprint density at radius 3 is 2.76 bits per heavy atom. The van der Waals surface area contributed by atoms with Crippen molar-refractivity contribution in [1.82, 2.24) is 9.97 Å². The highest BCUT2D eigenvalue weighted by molar-refractivity contribution is 6.07. The number of nitrogens with zero attached hydrogens (tertiary/aromatic N) is 3. The van der Waals surface area contributed by atoms with Gasteiger partial charge in [0.2, 0.25) is 0 Å². The van der Waals surface area contributed by atoms with Gasteiger partial charge in [0.05, 0.1) is 11.3 Å². The van der Waals surface area contributed by atoms with Crippen molar-refractivity contribution in [1.29, 1.82) is 0 Å². The highest BCUT2D eigenvalue weighted by atomic mass is 16.1. The number of amides is 1. The summed E-state index contributed by atoms with van der Waals surface area (Å²) in [4.78, 5) is 21.3. The number of rotatable bonds is 5.